The molecule has 7 nitrogen and oxygen atoms in total. The molecule has 7 heteroatoms. The fraction of sp³-hybridized carbons (Fsp3) is 0.280. The number of hydrogen-bond acceptors (Lipinski definition) is 7. The van der Waals surface area contributed by atoms with Crippen molar-refractivity contribution in [3.8, 4) is 23.0 Å². The Bertz CT molecular complexity index is 992. The van der Waals surface area contributed by atoms with Gasteiger partial charge in [0.15, 0.2) is 34.6 Å². The number of allylic oxidation sites excluding steroid dienone is 2. The Morgan fingerprint density at radius 2 is 1.38 bits per heavy atom. The lowest BCUT2D eigenvalue weighted by Crippen LogP contribution is -2.27. The van der Waals surface area contributed by atoms with Crippen LogP contribution in [-0.2, 0) is 9.59 Å². The first-order chi connectivity index (χ1) is 15.4. The summed E-state index contributed by atoms with van der Waals surface area (Å²) in [4.78, 5) is 26.3. The quantitative estimate of drug-likeness (QED) is 0.293. The molecule has 2 aromatic rings. The van der Waals surface area contributed by atoms with Crippen LogP contribution >= 0.6 is 0 Å². The first kappa shape index (κ1) is 24.7. The van der Waals surface area contributed by atoms with Crippen LogP contribution in [0.15, 0.2) is 48.6 Å². The number of hydrogen-bond donors (Lipinski definition) is 2. The fourth-order valence-corrected chi connectivity index (χ4v) is 2.78. The third-order valence-electron chi connectivity index (χ3n) is 4.76. The molecule has 0 aliphatic carbocycles. The monoisotopic (exact) mass is 439 g/mol. The average molecular weight is 440 g/mol. The number of ether oxygens (including phenoxy) is 2. The predicted octanol–water partition coefficient (Wildman–Crippen LogP) is 4.04. The largest absolute Gasteiger partial charge is 0.504 e. The average Bonchev–Trinajstić information content (AvgIpc) is 2.79. The Morgan fingerprint density at radius 1 is 0.875 bits per heavy atom. The van der Waals surface area contributed by atoms with E-state index in [1.54, 1.807) is 36.4 Å². The number of phenols is 2. The smallest absolute Gasteiger partial charge is 0.163 e. The molecule has 0 saturated carbocycles. The van der Waals surface area contributed by atoms with Gasteiger partial charge in [-0.3, -0.25) is 14.5 Å². The Kier molecular flexibility index (Phi) is 9.50. The molecule has 0 atom stereocenters. The minimum Gasteiger partial charge on any atom is -0.504 e. The number of nitrogens with zero attached hydrogens (tertiary/aromatic N) is 1. The summed E-state index contributed by atoms with van der Waals surface area (Å²) in [5.41, 5.74) is 1.34. The van der Waals surface area contributed by atoms with Gasteiger partial charge < -0.3 is 19.7 Å². The van der Waals surface area contributed by atoms with E-state index in [4.69, 9.17) is 9.47 Å². The van der Waals surface area contributed by atoms with Gasteiger partial charge in [0.25, 0.3) is 0 Å². The number of benzene rings is 2. The number of carbonyl (C=O) groups is 2. The van der Waals surface area contributed by atoms with Crippen molar-refractivity contribution in [1.82, 2.24) is 4.90 Å². The molecule has 170 valence electrons. The zero-order valence-electron chi connectivity index (χ0n) is 18.6. The molecule has 0 amide bonds. The van der Waals surface area contributed by atoms with Gasteiger partial charge in [-0.25, -0.2) is 0 Å². The molecule has 0 aromatic heterocycles. The van der Waals surface area contributed by atoms with Gasteiger partial charge >= 0.3 is 0 Å². The van der Waals surface area contributed by atoms with Crippen molar-refractivity contribution in [3.63, 3.8) is 0 Å². The maximum Gasteiger partial charge on any atom is 0.163 e. The summed E-state index contributed by atoms with van der Waals surface area (Å²) in [7, 11) is 1.44. The molecular formula is C25H29NO6. The molecule has 0 aliphatic heterocycles. The molecule has 0 spiro atoms. The molecule has 0 fully saturated rings. The van der Waals surface area contributed by atoms with Crippen LogP contribution in [0.3, 0.4) is 0 Å². The predicted molar refractivity (Wildman–Crippen MR) is 124 cm³/mol. The number of rotatable bonds is 12. The highest BCUT2D eigenvalue weighted by Crippen LogP contribution is 2.28. The Balaban J connectivity index is 1.95. The van der Waals surface area contributed by atoms with Crippen LogP contribution in [0.2, 0.25) is 0 Å². The second kappa shape index (κ2) is 12.3. The zero-order chi connectivity index (χ0) is 23.5. The van der Waals surface area contributed by atoms with E-state index < -0.39 is 0 Å². The third-order valence-corrected chi connectivity index (χ3v) is 4.76. The topological polar surface area (TPSA) is 96.3 Å². The summed E-state index contributed by atoms with van der Waals surface area (Å²) < 4.78 is 10.7. The van der Waals surface area contributed by atoms with Crippen LogP contribution in [-0.4, -0.2) is 53.6 Å². The van der Waals surface area contributed by atoms with Gasteiger partial charge in [0.05, 0.1) is 13.5 Å². The first-order valence-corrected chi connectivity index (χ1v) is 10.3. The number of aromatic hydroxyl groups is 2. The molecule has 2 aromatic carbocycles. The van der Waals surface area contributed by atoms with Crippen LogP contribution < -0.4 is 9.47 Å². The van der Waals surface area contributed by atoms with E-state index in [9.17, 15) is 19.8 Å². The first-order valence-electron chi connectivity index (χ1n) is 10.3. The van der Waals surface area contributed by atoms with Crippen molar-refractivity contribution in [1.29, 1.82) is 0 Å². The van der Waals surface area contributed by atoms with E-state index in [1.165, 1.54) is 31.4 Å². The number of methoxy groups -OCH3 is 1. The summed E-state index contributed by atoms with van der Waals surface area (Å²) in [6.07, 6.45) is 5.51. The maximum absolute atomic E-state index is 12.1. The van der Waals surface area contributed by atoms with Gasteiger partial charge in [0.2, 0.25) is 0 Å². The number of phenolic OH excluding ortho intramolecular Hbond substituents is 2. The highest BCUT2D eigenvalue weighted by Gasteiger charge is 2.07. The van der Waals surface area contributed by atoms with E-state index in [0.717, 1.165) is 13.1 Å². The fourth-order valence-electron chi connectivity index (χ4n) is 2.78. The van der Waals surface area contributed by atoms with Crippen molar-refractivity contribution in [2.75, 3.05) is 26.9 Å². The summed E-state index contributed by atoms with van der Waals surface area (Å²) in [6.45, 7) is 6.05. The Morgan fingerprint density at radius 3 is 1.88 bits per heavy atom. The highest BCUT2D eigenvalue weighted by atomic mass is 16.5. The summed E-state index contributed by atoms with van der Waals surface area (Å²) in [6, 6.07) is 9.49. The zero-order valence-corrected chi connectivity index (χ0v) is 18.6. The van der Waals surface area contributed by atoms with Gasteiger partial charge in [-0.1, -0.05) is 38.1 Å². The van der Waals surface area contributed by atoms with Gasteiger partial charge in [0.1, 0.15) is 6.73 Å². The second-order valence-electron chi connectivity index (χ2n) is 7.01. The standard InChI is InChI=1S/C25H29NO6/c1-4-26(5-2)17-32-25-15-19(9-13-23(25)30)7-11-21(28)16-20(27)10-6-18-8-12-22(29)24(14-18)31-3/h6-15,29-30H,4-5,16-17H2,1-3H3/b10-6+,11-7+. The van der Waals surface area contributed by atoms with E-state index in [0.29, 0.717) is 29.4 Å². The van der Waals surface area contributed by atoms with Crippen molar-refractivity contribution in [2.45, 2.75) is 20.3 Å². The number of ketones is 2. The molecule has 0 heterocycles. The summed E-state index contributed by atoms with van der Waals surface area (Å²) in [5, 5.41) is 19.6. The molecule has 32 heavy (non-hydrogen) atoms. The van der Waals surface area contributed by atoms with Crippen LogP contribution in [0.1, 0.15) is 31.4 Å². The third kappa shape index (κ3) is 7.59. The van der Waals surface area contributed by atoms with Gasteiger partial charge in [-0.2, -0.15) is 0 Å². The van der Waals surface area contributed by atoms with E-state index in [1.807, 2.05) is 13.8 Å². The van der Waals surface area contributed by atoms with Crippen molar-refractivity contribution in [3.05, 3.63) is 59.7 Å². The van der Waals surface area contributed by atoms with Crippen LogP contribution in [0.5, 0.6) is 23.0 Å². The van der Waals surface area contributed by atoms with E-state index in [2.05, 4.69) is 4.90 Å². The van der Waals surface area contributed by atoms with Gasteiger partial charge in [-0.15, -0.1) is 0 Å². The molecule has 0 saturated heterocycles. The van der Waals surface area contributed by atoms with Gasteiger partial charge in [-0.05, 0) is 60.6 Å². The number of carbonyl (C=O) groups excluding carboxylic acids is 2. The molecule has 0 bridgehead atoms. The molecule has 0 unspecified atom stereocenters. The lowest BCUT2D eigenvalue weighted by molar-refractivity contribution is -0.121. The normalized spacial score (nSPS) is 11.4. The van der Waals surface area contributed by atoms with Crippen molar-refractivity contribution < 1.29 is 29.3 Å². The lowest BCUT2D eigenvalue weighted by atomic mass is 10.1. The second-order valence-corrected chi connectivity index (χ2v) is 7.01. The molecule has 2 N–H and O–H groups in total. The molecule has 2 rings (SSSR count). The highest BCUT2D eigenvalue weighted by molar-refractivity contribution is 6.10. The van der Waals surface area contributed by atoms with Crippen molar-refractivity contribution in [2.24, 2.45) is 0 Å². The molecule has 0 radical (unpaired) electrons. The minimum atomic E-state index is -0.347. The lowest BCUT2D eigenvalue weighted by Gasteiger charge is -2.19. The summed E-state index contributed by atoms with van der Waals surface area (Å²) in [5.74, 6) is -0.0380. The minimum absolute atomic E-state index is 0.00660. The van der Waals surface area contributed by atoms with E-state index in [-0.39, 0.29) is 29.5 Å². The Labute approximate surface area is 188 Å². The van der Waals surface area contributed by atoms with E-state index >= 15 is 0 Å². The van der Waals surface area contributed by atoms with Crippen LogP contribution in [0, 0.1) is 0 Å². The maximum atomic E-state index is 12.1. The van der Waals surface area contributed by atoms with Crippen LogP contribution in [0.4, 0.5) is 0 Å². The summed E-state index contributed by atoms with van der Waals surface area (Å²) >= 11 is 0. The van der Waals surface area contributed by atoms with Crippen LogP contribution in [0.25, 0.3) is 12.2 Å². The van der Waals surface area contributed by atoms with Gasteiger partial charge in [0, 0.05) is 0 Å². The Hall–Kier alpha value is -3.58. The SMILES string of the molecule is CCN(CC)COc1cc(/C=C/C(=O)CC(=O)/C=C/c2ccc(O)c(OC)c2)ccc1O. The molecular weight excluding hydrogens is 410 g/mol. The van der Waals surface area contributed by atoms with Crippen molar-refractivity contribution >= 4 is 23.7 Å². The molecule has 0 aliphatic rings.